The maximum atomic E-state index is 13.0. The number of carbonyl (C=O) groups is 1. The summed E-state index contributed by atoms with van der Waals surface area (Å²) in [5, 5.41) is 8.59. The molecule has 9 heteroatoms. The summed E-state index contributed by atoms with van der Waals surface area (Å²) in [6.07, 6.45) is 0. The van der Waals surface area contributed by atoms with E-state index < -0.39 is 6.03 Å². The summed E-state index contributed by atoms with van der Waals surface area (Å²) in [6, 6.07) is 14.3. The van der Waals surface area contributed by atoms with Gasteiger partial charge in [-0.25, -0.2) is 14.2 Å². The number of aryl methyl sites for hydroxylation is 1. The fraction of sp³-hybridized carbons (Fsp3) is 0.227. The number of anilines is 5. The van der Waals surface area contributed by atoms with Gasteiger partial charge in [-0.2, -0.15) is 4.98 Å². The molecule has 0 bridgehead atoms. The van der Waals surface area contributed by atoms with Crippen LogP contribution in [0.1, 0.15) is 5.69 Å². The lowest BCUT2D eigenvalue weighted by Gasteiger charge is -2.28. The van der Waals surface area contributed by atoms with Gasteiger partial charge in [0, 0.05) is 41.9 Å². The largest absolute Gasteiger partial charge is 0.378 e. The van der Waals surface area contributed by atoms with Crippen LogP contribution in [0.15, 0.2) is 54.6 Å². The van der Waals surface area contributed by atoms with E-state index in [1.807, 2.05) is 25.1 Å². The van der Waals surface area contributed by atoms with Crippen LogP contribution in [0.3, 0.4) is 0 Å². The molecule has 0 atom stereocenters. The number of benzene rings is 2. The number of aromatic nitrogens is 2. The summed E-state index contributed by atoms with van der Waals surface area (Å²) in [7, 11) is 0. The Morgan fingerprint density at radius 2 is 1.52 bits per heavy atom. The van der Waals surface area contributed by atoms with Gasteiger partial charge in [0.1, 0.15) is 11.6 Å². The van der Waals surface area contributed by atoms with Gasteiger partial charge >= 0.3 is 6.03 Å². The third kappa shape index (κ3) is 5.67. The molecule has 0 saturated carbocycles. The Morgan fingerprint density at radius 3 is 2.16 bits per heavy atom. The van der Waals surface area contributed by atoms with Gasteiger partial charge in [-0.1, -0.05) is 0 Å². The van der Waals surface area contributed by atoms with Crippen molar-refractivity contribution in [1.29, 1.82) is 0 Å². The van der Waals surface area contributed by atoms with Crippen LogP contribution in [0, 0.1) is 12.7 Å². The van der Waals surface area contributed by atoms with Crippen LogP contribution < -0.4 is 20.9 Å². The molecule has 2 aromatic carbocycles. The van der Waals surface area contributed by atoms with Crippen molar-refractivity contribution in [3.63, 3.8) is 0 Å². The van der Waals surface area contributed by atoms with Gasteiger partial charge in [0.2, 0.25) is 5.95 Å². The second-order valence-corrected chi connectivity index (χ2v) is 7.08. The molecule has 1 aliphatic rings. The van der Waals surface area contributed by atoms with Gasteiger partial charge in [0.15, 0.2) is 0 Å². The lowest BCUT2D eigenvalue weighted by Crippen LogP contribution is -2.36. The first kappa shape index (κ1) is 20.5. The number of urea groups is 1. The minimum Gasteiger partial charge on any atom is -0.378 e. The number of nitrogens with one attached hydrogen (secondary N) is 3. The molecule has 4 rings (SSSR count). The van der Waals surface area contributed by atoms with Crippen LogP contribution in [0.2, 0.25) is 0 Å². The van der Waals surface area contributed by atoms with E-state index in [9.17, 15) is 9.18 Å². The van der Waals surface area contributed by atoms with E-state index >= 15 is 0 Å². The molecule has 160 valence electrons. The third-order valence-corrected chi connectivity index (χ3v) is 4.68. The van der Waals surface area contributed by atoms with E-state index in [1.54, 1.807) is 12.1 Å². The number of amides is 2. The maximum absolute atomic E-state index is 13.0. The zero-order valence-electron chi connectivity index (χ0n) is 17.1. The van der Waals surface area contributed by atoms with Crippen LogP contribution in [0.4, 0.5) is 38.0 Å². The lowest BCUT2D eigenvalue weighted by atomic mass is 10.3. The van der Waals surface area contributed by atoms with E-state index in [4.69, 9.17) is 4.74 Å². The molecule has 2 amide bonds. The van der Waals surface area contributed by atoms with Crippen LogP contribution >= 0.6 is 0 Å². The zero-order valence-corrected chi connectivity index (χ0v) is 17.1. The summed E-state index contributed by atoms with van der Waals surface area (Å²) >= 11 is 0. The van der Waals surface area contributed by atoms with Gasteiger partial charge < -0.3 is 25.6 Å². The molecule has 1 aliphatic heterocycles. The second kappa shape index (κ2) is 9.40. The molecule has 2 heterocycles. The molecule has 0 unspecified atom stereocenters. The first-order valence-electron chi connectivity index (χ1n) is 9.94. The zero-order chi connectivity index (χ0) is 21.6. The molecule has 1 saturated heterocycles. The molecule has 1 aromatic heterocycles. The number of hydrogen-bond donors (Lipinski definition) is 3. The van der Waals surface area contributed by atoms with Gasteiger partial charge in [-0.15, -0.1) is 0 Å². The van der Waals surface area contributed by atoms with Crippen molar-refractivity contribution in [3.05, 3.63) is 66.1 Å². The average Bonchev–Trinajstić information content (AvgIpc) is 2.77. The number of ether oxygens (including phenoxy) is 1. The highest BCUT2D eigenvalue weighted by atomic mass is 19.1. The van der Waals surface area contributed by atoms with Crippen LogP contribution in [0.25, 0.3) is 0 Å². The summed E-state index contributed by atoms with van der Waals surface area (Å²) in [5.74, 6) is 1.02. The summed E-state index contributed by atoms with van der Waals surface area (Å²) < 4.78 is 18.4. The van der Waals surface area contributed by atoms with E-state index in [2.05, 4.69) is 30.8 Å². The molecule has 3 N–H and O–H groups in total. The monoisotopic (exact) mass is 422 g/mol. The summed E-state index contributed by atoms with van der Waals surface area (Å²) in [4.78, 5) is 23.4. The van der Waals surface area contributed by atoms with Gasteiger partial charge in [-0.3, -0.25) is 0 Å². The number of carbonyl (C=O) groups excluding carboxylic acids is 1. The van der Waals surface area contributed by atoms with Crippen molar-refractivity contribution in [2.24, 2.45) is 0 Å². The Bertz CT molecular complexity index is 1040. The molecular weight excluding hydrogens is 399 g/mol. The topological polar surface area (TPSA) is 91.4 Å². The van der Waals surface area contributed by atoms with Gasteiger partial charge in [-0.05, 0) is 55.5 Å². The number of morpholine rings is 1. The molecule has 0 radical (unpaired) electrons. The third-order valence-electron chi connectivity index (χ3n) is 4.68. The van der Waals surface area contributed by atoms with E-state index in [-0.39, 0.29) is 5.82 Å². The minimum absolute atomic E-state index is 0.358. The molecule has 1 fully saturated rings. The molecular formula is C22H23FN6O2. The smallest absolute Gasteiger partial charge is 0.323 e. The van der Waals surface area contributed by atoms with Crippen molar-refractivity contribution in [1.82, 2.24) is 9.97 Å². The summed E-state index contributed by atoms with van der Waals surface area (Å²) in [5.41, 5.74) is 2.78. The Labute approximate surface area is 179 Å². The molecule has 8 nitrogen and oxygen atoms in total. The standard InChI is InChI=1S/C22H23FN6O2/c1-15-14-20(29-10-12-31-13-11-29)28-21(24-15)25-17-6-8-19(9-7-17)27-22(30)26-18-4-2-16(23)3-5-18/h2-9,14H,10-13H2,1H3,(H,24,25,28)(H2,26,27,30). The lowest BCUT2D eigenvalue weighted by molar-refractivity contribution is 0.122. The van der Waals surface area contributed by atoms with Gasteiger partial charge in [0.25, 0.3) is 0 Å². The van der Waals surface area contributed by atoms with Crippen LogP contribution in [-0.4, -0.2) is 42.3 Å². The first-order chi connectivity index (χ1) is 15.0. The highest BCUT2D eigenvalue weighted by Gasteiger charge is 2.14. The molecule has 3 aromatic rings. The van der Waals surface area contributed by atoms with E-state index in [0.29, 0.717) is 30.5 Å². The van der Waals surface area contributed by atoms with Crippen molar-refractivity contribution < 1.29 is 13.9 Å². The fourth-order valence-electron chi connectivity index (χ4n) is 3.15. The average molecular weight is 422 g/mol. The number of nitrogens with zero attached hydrogens (tertiary/aromatic N) is 3. The second-order valence-electron chi connectivity index (χ2n) is 7.08. The SMILES string of the molecule is Cc1cc(N2CCOCC2)nc(Nc2ccc(NC(=O)Nc3ccc(F)cc3)cc2)n1. The predicted octanol–water partition coefficient (Wildman–Crippen LogP) is 4.15. The van der Waals surface area contributed by atoms with E-state index in [1.165, 1.54) is 24.3 Å². The van der Waals surface area contributed by atoms with Crippen molar-refractivity contribution in [2.75, 3.05) is 47.2 Å². The minimum atomic E-state index is -0.413. The Kier molecular flexibility index (Phi) is 6.23. The summed E-state index contributed by atoms with van der Waals surface area (Å²) in [6.45, 7) is 4.92. The fourth-order valence-corrected chi connectivity index (χ4v) is 3.15. The number of rotatable bonds is 5. The quantitative estimate of drug-likeness (QED) is 0.572. The molecule has 0 spiro atoms. The molecule has 31 heavy (non-hydrogen) atoms. The highest BCUT2D eigenvalue weighted by Crippen LogP contribution is 2.21. The number of hydrogen-bond acceptors (Lipinski definition) is 6. The molecule has 0 aliphatic carbocycles. The van der Waals surface area contributed by atoms with Crippen molar-refractivity contribution in [2.45, 2.75) is 6.92 Å². The normalized spacial score (nSPS) is 13.5. The predicted molar refractivity (Wildman–Crippen MR) is 119 cm³/mol. The first-order valence-corrected chi connectivity index (χ1v) is 9.94. The Hall–Kier alpha value is -3.72. The number of halogens is 1. The Balaban J connectivity index is 1.37. The van der Waals surface area contributed by atoms with Crippen LogP contribution in [0.5, 0.6) is 0 Å². The van der Waals surface area contributed by atoms with E-state index in [0.717, 1.165) is 30.3 Å². The van der Waals surface area contributed by atoms with Gasteiger partial charge in [0.05, 0.1) is 13.2 Å². The highest BCUT2D eigenvalue weighted by molar-refractivity contribution is 5.99. The van der Waals surface area contributed by atoms with Crippen LogP contribution in [-0.2, 0) is 4.74 Å². The van der Waals surface area contributed by atoms with Crippen molar-refractivity contribution >= 4 is 34.9 Å². The maximum Gasteiger partial charge on any atom is 0.323 e. The van der Waals surface area contributed by atoms with Crippen molar-refractivity contribution in [3.8, 4) is 0 Å². The Morgan fingerprint density at radius 1 is 0.935 bits per heavy atom.